The van der Waals surface area contributed by atoms with Crippen molar-refractivity contribution in [2.24, 2.45) is 0 Å². The van der Waals surface area contributed by atoms with Gasteiger partial charge in [0.05, 0.1) is 30.3 Å². The second-order valence-corrected chi connectivity index (χ2v) is 8.61. The number of carbonyl (C=O) groups excluding carboxylic acids is 3. The monoisotopic (exact) mass is 431 g/mol. The number of sulfonamides is 1. The van der Waals surface area contributed by atoms with Gasteiger partial charge in [-0.1, -0.05) is 6.07 Å². The van der Waals surface area contributed by atoms with E-state index in [1.807, 2.05) is 0 Å². The summed E-state index contributed by atoms with van der Waals surface area (Å²) in [5.74, 6) is -1.32. The highest BCUT2D eigenvalue weighted by atomic mass is 32.2. The van der Waals surface area contributed by atoms with Crippen LogP contribution in [0.5, 0.6) is 0 Å². The number of esters is 2. The Bertz CT molecular complexity index is 863. The smallest absolute Gasteiger partial charge is 0.338 e. The largest absolute Gasteiger partial charge is 0.463 e. The second kappa shape index (κ2) is 9.66. The van der Waals surface area contributed by atoms with Crippen molar-refractivity contribution in [1.29, 1.82) is 0 Å². The van der Waals surface area contributed by atoms with Crippen molar-refractivity contribution in [2.45, 2.75) is 30.5 Å². The molecule has 154 valence electrons. The fourth-order valence-corrected chi connectivity index (χ4v) is 4.46. The first-order valence-electron chi connectivity index (χ1n) is 8.41. The molecule has 0 unspecified atom stereocenters. The highest BCUT2D eigenvalue weighted by Gasteiger charge is 2.30. The topological polar surface area (TPSA) is 140 Å². The number of amides is 2. The Labute approximate surface area is 166 Å². The van der Waals surface area contributed by atoms with Crippen LogP contribution >= 0.6 is 11.3 Å². The SMILES string of the molecule is CCOC(=O)C1=C(COC(=O)CCNS(=O)(=O)c2cccs2)NC(=O)N[C@@H]1C. The lowest BCUT2D eigenvalue weighted by molar-refractivity contribution is -0.143. The van der Waals surface area contributed by atoms with Gasteiger partial charge in [0.15, 0.2) is 0 Å². The molecule has 0 saturated carbocycles. The molecule has 2 heterocycles. The van der Waals surface area contributed by atoms with Crippen LogP contribution in [0.1, 0.15) is 20.3 Å². The lowest BCUT2D eigenvalue weighted by Crippen LogP contribution is -2.50. The first-order chi connectivity index (χ1) is 13.2. The molecule has 0 aliphatic carbocycles. The van der Waals surface area contributed by atoms with E-state index in [1.165, 1.54) is 6.07 Å². The van der Waals surface area contributed by atoms with Crippen LogP contribution in [-0.2, 0) is 29.1 Å². The predicted molar refractivity (Wildman–Crippen MR) is 99.9 cm³/mol. The number of rotatable bonds is 9. The Morgan fingerprint density at radius 2 is 2.07 bits per heavy atom. The summed E-state index contributed by atoms with van der Waals surface area (Å²) in [7, 11) is -3.66. The summed E-state index contributed by atoms with van der Waals surface area (Å²) in [5.41, 5.74) is 0.287. The molecule has 1 aromatic heterocycles. The number of nitrogens with one attached hydrogen (secondary N) is 3. The maximum Gasteiger partial charge on any atom is 0.338 e. The third kappa shape index (κ3) is 5.78. The summed E-state index contributed by atoms with van der Waals surface area (Å²) < 4.78 is 36.4. The van der Waals surface area contributed by atoms with E-state index in [1.54, 1.807) is 25.3 Å². The molecule has 0 fully saturated rings. The van der Waals surface area contributed by atoms with Crippen molar-refractivity contribution in [1.82, 2.24) is 15.4 Å². The number of thiophene rings is 1. The average Bonchev–Trinajstić information content (AvgIpc) is 3.15. The van der Waals surface area contributed by atoms with Gasteiger partial charge in [-0.25, -0.2) is 22.7 Å². The van der Waals surface area contributed by atoms with Gasteiger partial charge < -0.3 is 20.1 Å². The number of hydrogen-bond donors (Lipinski definition) is 3. The highest BCUT2D eigenvalue weighted by molar-refractivity contribution is 7.91. The van der Waals surface area contributed by atoms with E-state index in [-0.39, 0.29) is 41.7 Å². The number of carbonyl (C=O) groups is 3. The van der Waals surface area contributed by atoms with Crippen molar-refractivity contribution in [3.8, 4) is 0 Å². The van der Waals surface area contributed by atoms with Crippen LogP contribution in [0.25, 0.3) is 0 Å². The van der Waals surface area contributed by atoms with Crippen LogP contribution in [0.3, 0.4) is 0 Å². The Hall–Kier alpha value is -2.44. The summed E-state index contributed by atoms with van der Waals surface area (Å²) in [5, 5.41) is 6.59. The van der Waals surface area contributed by atoms with E-state index in [2.05, 4.69) is 15.4 Å². The second-order valence-electron chi connectivity index (χ2n) is 5.67. The van der Waals surface area contributed by atoms with Crippen molar-refractivity contribution >= 4 is 39.3 Å². The zero-order valence-corrected chi connectivity index (χ0v) is 16.9. The highest BCUT2D eigenvalue weighted by Crippen LogP contribution is 2.16. The molecule has 1 aliphatic rings. The van der Waals surface area contributed by atoms with Crippen molar-refractivity contribution < 1.29 is 32.3 Å². The third-order valence-electron chi connectivity index (χ3n) is 3.62. The number of hydrogen-bond acceptors (Lipinski definition) is 8. The Morgan fingerprint density at radius 1 is 1.32 bits per heavy atom. The zero-order valence-electron chi connectivity index (χ0n) is 15.3. The van der Waals surface area contributed by atoms with E-state index >= 15 is 0 Å². The zero-order chi connectivity index (χ0) is 20.7. The molecule has 1 atom stereocenters. The summed E-state index contributed by atoms with van der Waals surface area (Å²) in [6, 6.07) is 1.92. The summed E-state index contributed by atoms with van der Waals surface area (Å²) in [4.78, 5) is 35.6. The Morgan fingerprint density at radius 3 is 2.71 bits per heavy atom. The molecule has 0 saturated heterocycles. The Kier molecular flexibility index (Phi) is 7.54. The molecule has 10 nitrogen and oxygen atoms in total. The minimum atomic E-state index is -3.66. The molecule has 2 rings (SSSR count). The van der Waals surface area contributed by atoms with Crippen LogP contribution in [0.2, 0.25) is 0 Å². The van der Waals surface area contributed by atoms with E-state index in [4.69, 9.17) is 9.47 Å². The number of urea groups is 1. The lowest BCUT2D eigenvalue weighted by Gasteiger charge is -2.26. The van der Waals surface area contributed by atoms with E-state index in [9.17, 15) is 22.8 Å². The van der Waals surface area contributed by atoms with E-state index in [0.29, 0.717) is 0 Å². The van der Waals surface area contributed by atoms with Gasteiger partial charge >= 0.3 is 18.0 Å². The number of ether oxygens (including phenoxy) is 2. The summed E-state index contributed by atoms with van der Waals surface area (Å²) in [6.07, 6.45) is -0.214. The molecule has 1 aliphatic heterocycles. The van der Waals surface area contributed by atoms with Gasteiger partial charge in [0, 0.05) is 6.54 Å². The first-order valence-corrected chi connectivity index (χ1v) is 10.8. The van der Waals surface area contributed by atoms with Crippen LogP contribution in [-0.4, -0.2) is 52.2 Å². The van der Waals surface area contributed by atoms with Crippen LogP contribution in [0, 0.1) is 0 Å². The molecule has 3 N–H and O–H groups in total. The molecule has 0 radical (unpaired) electrons. The van der Waals surface area contributed by atoms with Crippen LogP contribution < -0.4 is 15.4 Å². The van der Waals surface area contributed by atoms with Crippen LogP contribution in [0.15, 0.2) is 33.0 Å². The molecule has 28 heavy (non-hydrogen) atoms. The standard InChI is InChI=1S/C16H21N3O7S2/c1-3-25-15(21)14-10(2)18-16(22)19-11(14)9-26-12(20)6-7-17-28(23,24)13-5-4-8-27-13/h4-5,8,10,17H,3,6-7,9H2,1-2H3,(H2,18,19,22)/t10-/m1/s1. The third-order valence-corrected chi connectivity index (χ3v) is 6.48. The maximum atomic E-state index is 12.1. The maximum absolute atomic E-state index is 12.1. The molecule has 1 aromatic rings. The minimum Gasteiger partial charge on any atom is -0.463 e. The fourth-order valence-electron chi connectivity index (χ4n) is 2.39. The van der Waals surface area contributed by atoms with Crippen LogP contribution in [0.4, 0.5) is 4.79 Å². The normalized spacial score (nSPS) is 16.9. The van der Waals surface area contributed by atoms with Crippen molar-refractivity contribution in [3.63, 3.8) is 0 Å². The molecule has 0 spiro atoms. The molecule has 2 amide bonds. The fraction of sp³-hybridized carbons (Fsp3) is 0.438. The summed E-state index contributed by atoms with van der Waals surface area (Å²) >= 11 is 1.06. The van der Waals surface area contributed by atoms with Gasteiger partial charge in [-0.05, 0) is 25.3 Å². The molecule has 0 bridgehead atoms. The van der Waals surface area contributed by atoms with Gasteiger partial charge in [-0.15, -0.1) is 11.3 Å². The quantitative estimate of drug-likeness (QED) is 0.483. The predicted octanol–water partition coefficient (Wildman–Crippen LogP) is 0.478. The average molecular weight is 431 g/mol. The molecule has 0 aromatic carbocycles. The van der Waals surface area contributed by atoms with Gasteiger partial charge in [0.2, 0.25) is 10.0 Å². The minimum absolute atomic E-state index is 0.127. The van der Waals surface area contributed by atoms with Crippen molar-refractivity contribution in [3.05, 3.63) is 28.8 Å². The molecular weight excluding hydrogens is 410 g/mol. The van der Waals surface area contributed by atoms with Crippen molar-refractivity contribution in [2.75, 3.05) is 19.8 Å². The molecular formula is C16H21N3O7S2. The van der Waals surface area contributed by atoms with E-state index in [0.717, 1.165) is 11.3 Å². The van der Waals surface area contributed by atoms with Gasteiger partial charge in [-0.3, -0.25) is 4.79 Å². The van der Waals surface area contributed by atoms with Gasteiger partial charge in [0.1, 0.15) is 10.8 Å². The van der Waals surface area contributed by atoms with Gasteiger partial charge in [0.25, 0.3) is 0 Å². The summed E-state index contributed by atoms with van der Waals surface area (Å²) in [6.45, 7) is 2.91. The van der Waals surface area contributed by atoms with E-state index < -0.39 is 34.0 Å². The lowest BCUT2D eigenvalue weighted by atomic mass is 10.0. The first kappa shape index (κ1) is 21.9. The van der Waals surface area contributed by atoms with Gasteiger partial charge in [-0.2, -0.15) is 0 Å². The molecule has 12 heteroatoms. The Balaban J connectivity index is 1.91.